The number of hydrogen-bond donors (Lipinski definition) is 0. The van der Waals surface area contributed by atoms with Crippen molar-refractivity contribution in [3.63, 3.8) is 0 Å². The molecule has 0 N–H and O–H groups in total. The number of aryl methyl sites for hydroxylation is 1. The summed E-state index contributed by atoms with van der Waals surface area (Å²) in [7, 11) is 1.08. The first-order valence-corrected chi connectivity index (χ1v) is 8.59. The van der Waals surface area contributed by atoms with E-state index in [1.807, 2.05) is 0 Å². The molecule has 0 atom stereocenters. The van der Waals surface area contributed by atoms with Crippen LogP contribution in [-0.2, 0) is 12.4 Å². The minimum Gasteiger partial charge on any atom is -0.443 e. The number of anilines is 1. The van der Waals surface area contributed by atoms with E-state index >= 15 is 0 Å². The van der Waals surface area contributed by atoms with Crippen molar-refractivity contribution in [1.82, 2.24) is 9.97 Å². The number of carbonyl (C=O) groups is 1. The largest absolute Gasteiger partial charge is 0.443 e. The van der Waals surface area contributed by atoms with Crippen molar-refractivity contribution in [3.8, 4) is 17.1 Å². The predicted octanol–water partition coefficient (Wildman–Crippen LogP) is 5.86. The fourth-order valence-corrected chi connectivity index (χ4v) is 2.61. The highest BCUT2D eigenvalue weighted by atomic mass is 19.4. The van der Waals surface area contributed by atoms with Crippen molar-refractivity contribution < 1.29 is 44.7 Å². The van der Waals surface area contributed by atoms with E-state index < -0.39 is 52.5 Å². The molecule has 170 valence electrons. The second kappa shape index (κ2) is 8.13. The quantitative estimate of drug-likeness (QED) is 0.456. The van der Waals surface area contributed by atoms with Crippen LogP contribution in [0.5, 0.6) is 5.75 Å². The highest BCUT2D eigenvalue weighted by Gasteiger charge is 2.42. The van der Waals surface area contributed by atoms with Crippen molar-refractivity contribution >= 4 is 11.9 Å². The Kier molecular flexibility index (Phi) is 5.85. The number of pyridine rings is 1. The van der Waals surface area contributed by atoms with Crippen LogP contribution in [0.3, 0.4) is 0 Å². The second-order valence-corrected chi connectivity index (χ2v) is 6.43. The molecular formula is C19H12F7N3O3. The second-order valence-electron chi connectivity index (χ2n) is 6.43. The minimum atomic E-state index is -5.32. The SMILES string of the molecule is Cc1nc(N(C)C(=O)Oc2c(-c3cnco3)cc(C(F)(F)F)cc2C(F)(F)F)ccc1F. The molecular weight excluding hydrogens is 451 g/mol. The topological polar surface area (TPSA) is 68.5 Å². The van der Waals surface area contributed by atoms with E-state index in [-0.39, 0.29) is 17.6 Å². The smallest absolute Gasteiger partial charge is 0.420 e. The molecule has 0 aliphatic heterocycles. The van der Waals surface area contributed by atoms with Crippen LogP contribution < -0.4 is 9.64 Å². The number of hydrogen-bond acceptors (Lipinski definition) is 5. The first-order chi connectivity index (χ1) is 14.8. The standard InChI is InChI=1S/C19H12F7N3O3/c1-9-13(20)3-4-15(28-9)29(2)17(30)32-16-11(14-7-27-8-31-14)5-10(18(21,22)23)6-12(16)19(24,25)26/h3-8H,1-2H3. The number of aromatic nitrogens is 2. The predicted molar refractivity (Wildman–Crippen MR) is 95.3 cm³/mol. The van der Waals surface area contributed by atoms with E-state index in [4.69, 9.17) is 9.15 Å². The van der Waals surface area contributed by atoms with Gasteiger partial charge in [-0.2, -0.15) is 26.3 Å². The molecule has 2 heterocycles. The van der Waals surface area contributed by atoms with E-state index in [0.29, 0.717) is 11.0 Å². The first kappa shape index (κ1) is 23.0. The van der Waals surface area contributed by atoms with Gasteiger partial charge in [-0.05, 0) is 31.2 Å². The maximum Gasteiger partial charge on any atom is 0.420 e. The lowest BCUT2D eigenvalue weighted by Gasteiger charge is -2.21. The lowest BCUT2D eigenvalue weighted by Crippen LogP contribution is -2.31. The van der Waals surface area contributed by atoms with Gasteiger partial charge in [-0.3, -0.25) is 4.90 Å². The van der Waals surface area contributed by atoms with Gasteiger partial charge < -0.3 is 9.15 Å². The van der Waals surface area contributed by atoms with Gasteiger partial charge in [0.2, 0.25) is 0 Å². The molecule has 0 unspecified atom stereocenters. The third-order valence-corrected chi connectivity index (χ3v) is 4.23. The lowest BCUT2D eigenvalue weighted by molar-refractivity contribution is -0.143. The third kappa shape index (κ3) is 4.65. The van der Waals surface area contributed by atoms with Crippen LogP contribution in [0.15, 0.2) is 41.3 Å². The molecule has 1 aromatic carbocycles. The summed E-state index contributed by atoms with van der Waals surface area (Å²) in [6.45, 7) is 1.29. The van der Waals surface area contributed by atoms with Crippen molar-refractivity contribution in [2.75, 3.05) is 11.9 Å². The molecule has 3 aromatic rings. The van der Waals surface area contributed by atoms with Gasteiger partial charge in [0, 0.05) is 7.05 Å². The first-order valence-electron chi connectivity index (χ1n) is 8.59. The summed E-state index contributed by atoms with van der Waals surface area (Å²) in [6.07, 6.45) is -10.2. The van der Waals surface area contributed by atoms with Crippen LogP contribution in [0.4, 0.5) is 41.3 Å². The number of rotatable bonds is 3. The fraction of sp³-hybridized carbons (Fsp3) is 0.211. The number of amides is 1. The summed E-state index contributed by atoms with van der Waals surface area (Å²) >= 11 is 0. The molecule has 32 heavy (non-hydrogen) atoms. The van der Waals surface area contributed by atoms with Crippen LogP contribution in [0.2, 0.25) is 0 Å². The van der Waals surface area contributed by atoms with Crippen molar-refractivity contribution in [2.45, 2.75) is 19.3 Å². The highest BCUT2D eigenvalue weighted by molar-refractivity contribution is 5.89. The molecule has 0 radical (unpaired) electrons. The normalized spacial score (nSPS) is 12.0. The fourth-order valence-electron chi connectivity index (χ4n) is 2.61. The Balaban J connectivity index is 2.13. The van der Waals surface area contributed by atoms with Gasteiger partial charge in [0.05, 0.1) is 28.6 Å². The Hall–Kier alpha value is -3.64. The Morgan fingerprint density at radius 1 is 1.09 bits per heavy atom. The number of benzene rings is 1. The molecule has 2 aromatic heterocycles. The van der Waals surface area contributed by atoms with Gasteiger partial charge in [-0.1, -0.05) is 0 Å². The molecule has 13 heteroatoms. The third-order valence-electron chi connectivity index (χ3n) is 4.23. The monoisotopic (exact) mass is 463 g/mol. The van der Waals surface area contributed by atoms with Gasteiger partial charge >= 0.3 is 18.4 Å². The average molecular weight is 463 g/mol. The molecule has 6 nitrogen and oxygen atoms in total. The summed E-state index contributed by atoms with van der Waals surface area (Å²) in [5.41, 5.74) is -4.39. The summed E-state index contributed by atoms with van der Waals surface area (Å²) < 4.78 is 104. The molecule has 0 spiro atoms. The summed E-state index contributed by atoms with van der Waals surface area (Å²) in [6, 6.07) is 2.21. The van der Waals surface area contributed by atoms with Gasteiger partial charge in [-0.25, -0.2) is 19.2 Å². The van der Waals surface area contributed by atoms with E-state index in [1.165, 1.54) is 6.92 Å². The van der Waals surface area contributed by atoms with Gasteiger partial charge in [-0.15, -0.1) is 0 Å². The minimum absolute atomic E-state index is 0.102. The molecule has 0 aliphatic carbocycles. The van der Waals surface area contributed by atoms with E-state index in [0.717, 1.165) is 31.8 Å². The maximum atomic E-state index is 13.6. The Morgan fingerprint density at radius 3 is 2.31 bits per heavy atom. The van der Waals surface area contributed by atoms with Crippen LogP contribution in [0.1, 0.15) is 16.8 Å². The Labute approximate surface area is 175 Å². The Morgan fingerprint density at radius 2 is 1.78 bits per heavy atom. The van der Waals surface area contributed by atoms with Gasteiger partial charge in [0.1, 0.15) is 11.6 Å². The summed E-state index contributed by atoms with van der Waals surface area (Å²) in [5, 5.41) is 0. The van der Waals surface area contributed by atoms with Gasteiger partial charge in [0.15, 0.2) is 17.9 Å². The van der Waals surface area contributed by atoms with Crippen molar-refractivity contribution in [2.24, 2.45) is 0 Å². The molecule has 0 bridgehead atoms. The molecule has 0 fully saturated rings. The molecule has 0 aliphatic rings. The average Bonchev–Trinajstić information content (AvgIpc) is 3.22. The number of carbonyl (C=O) groups excluding carboxylic acids is 1. The van der Waals surface area contributed by atoms with Crippen molar-refractivity contribution in [3.05, 3.63) is 59.5 Å². The number of halogens is 7. The van der Waals surface area contributed by atoms with Crippen LogP contribution >= 0.6 is 0 Å². The van der Waals surface area contributed by atoms with E-state index in [1.54, 1.807) is 0 Å². The number of ether oxygens (including phenoxy) is 1. The molecule has 3 rings (SSSR count). The van der Waals surface area contributed by atoms with E-state index in [2.05, 4.69) is 9.97 Å². The van der Waals surface area contributed by atoms with Gasteiger partial charge in [0.25, 0.3) is 0 Å². The molecule has 0 saturated heterocycles. The zero-order valence-corrected chi connectivity index (χ0v) is 16.2. The zero-order valence-electron chi connectivity index (χ0n) is 16.2. The highest BCUT2D eigenvalue weighted by Crippen LogP contribution is 2.46. The van der Waals surface area contributed by atoms with E-state index in [9.17, 15) is 35.5 Å². The number of oxazole rings is 1. The lowest BCUT2D eigenvalue weighted by atomic mass is 10.0. The number of alkyl halides is 6. The summed E-state index contributed by atoms with van der Waals surface area (Å²) in [5.74, 6) is -2.58. The Bertz CT molecular complexity index is 1140. The maximum absolute atomic E-state index is 13.6. The van der Waals surface area contributed by atoms with Crippen LogP contribution in [0.25, 0.3) is 11.3 Å². The van der Waals surface area contributed by atoms with Crippen LogP contribution in [0, 0.1) is 12.7 Å². The van der Waals surface area contributed by atoms with Crippen LogP contribution in [-0.4, -0.2) is 23.1 Å². The molecule has 1 amide bonds. The number of nitrogens with zero attached hydrogens (tertiary/aromatic N) is 3. The molecule has 0 saturated carbocycles. The van der Waals surface area contributed by atoms with Crippen molar-refractivity contribution in [1.29, 1.82) is 0 Å². The zero-order chi connectivity index (χ0) is 23.8. The summed E-state index contributed by atoms with van der Waals surface area (Å²) in [4.78, 5) is 20.4.